The maximum absolute atomic E-state index is 10.2. The first kappa shape index (κ1) is 18.5. The lowest BCUT2D eigenvalue weighted by atomic mass is 10.1. The minimum atomic E-state index is -1.20. The number of hydrogen-bond donors (Lipinski definition) is 4. The number of aliphatic hydroxyl groups excluding tert-OH is 3. The van der Waals surface area contributed by atoms with Crippen LogP contribution in [-0.4, -0.2) is 59.8 Å². The summed E-state index contributed by atoms with van der Waals surface area (Å²) >= 11 is 2.28. The van der Waals surface area contributed by atoms with Crippen LogP contribution in [0.2, 0.25) is 0 Å². The van der Waals surface area contributed by atoms with E-state index in [1.165, 1.54) is 17.2 Å². The van der Waals surface area contributed by atoms with Crippen molar-refractivity contribution in [1.29, 1.82) is 0 Å². The monoisotopic (exact) mass is 483 g/mol. The average Bonchev–Trinajstić information content (AvgIpc) is 3.23. The molecule has 1 saturated heterocycles. The SMILES string of the molecule is OC[C@H]1OC(n2cnc3c(NCc4ccccc4I)ncnc32)[C@H](O)[C@@H]1O. The van der Waals surface area contributed by atoms with Gasteiger partial charge in [-0.05, 0) is 34.2 Å². The van der Waals surface area contributed by atoms with Crippen LogP contribution in [0, 0.1) is 3.57 Å². The molecule has 0 radical (unpaired) electrons. The van der Waals surface area contributed by atoms with Crippen molar-refractivity contribution in [3.05, 3.63) is 46.1 Å². The lowest BCUT2D eigenvalue weighted by molar-refractivity contribution is -0.0511. The van der Waals surface area contributed by atoms with E-state index in [0.717, 1.165) is 9.13 Å². The topological polar surface area (TPSA) is 126 Å². The predicted octanol–water partition coefficient (Wildman–Crippen LogP) is 0.654. The number of anilines is 1. The molecule has 9 nitrogen and oxygen atoms in total. The molecule has 4 N–H and O–H groups in total. The molecule has 0 bridgehead atoms. The van der Waals surface area contributed by atoms with Crippen LogP contribution in [-0.2, 0) is 11.3 Å². The van der Waals surface area contributed by atoms with Crippen LogP contribution in [0.15, 0.2) is 36.9 Å². The van der Waals surface area contributed by atoms with Crippen molar-refractivity contribution >= 4 is 39.6 Å². The molecule has 142 valence electrons. The van der Waals surface area contributed by atoms with E-state index in [4.69, 9.17) is 4.74 Å². The second kappa shape index (κ2) is 7.64. The second-order valence-electron chi connectivity index (χ2n) is 6.22. The van der Waals surface area contributed by atoms with E-state index in [1.807, 2.05) is 24.3 Å². The van der Waals surface area contributed by atoms with E-state index in [0.29, 0.717) is 23.5 Å². The number of nitrogens with one attached hydrogen (secondary N) is 1. The summed E-state index contributed by atoms with van der Waals surface area (Å²) in [7, 11) is 0. The number of rotatable bonds is 5. The van der Waals surface area contributed by atoms with E-state index < -0.39 is 31.1 Å². The quantitative estimate of drug-likeness (QED) is 0.390. The Morgan fingerprint density at radius 2 is 1.96 bits per heavy atom. The second-order valence-corrected chi connectivity index (χ2v) is 7.38. The van der Waals surface area contributed by atoms with Crippen LogP contribution in [0.5, 0.6) is 0 Å². The number of ether oxygens (including phenoxy) is 1. The third-order valence-corrected chi connectivity index (χ3v) is 5.61. The van der Waals surface area contributed by atoms with Crippen LogP contribution in [0.1, 0.15) is 11.8 Å². The van der Waals surface area contributed by atoms with Gasteiger partial charge in [0.2, 0.25) is 0 Å². The zero-order chi connectivity index (χ0) is 19.0. The van der Waals surface area contributed by atoms with Crippen molar-refractivity contribution in [3.63, 3.8) is 0 Å². The predicted molar refractivity (Wildman–Crippen MR) is 105 cm³/mol. The highest BCUT2D eigenvalue weighted by Gasteiger charge is 2.44. The smallest absolute Gasteiger partial charge is 0.167 e. The molecule has 1 aliphatic rings. The summed E-state index contributed by atoms with van der Waals surface area (Å²) in [6.45, 7) is 0.185. The highest BCUT2D eigenvalue weighted by molar-refractivity contribution is 14.1. The summed E-state index contributed by atoms with van der Waals surface area (Å²) in [5.41, 5.74) is 2.12. The van der Waals surface area contributed by atoms with E-state index >= 15 is 0 Å². The number of halogens is 1. The fourth-order valence-electron chi connectivity index (χ4n) is 3.10. The molecule has 1 fully saturated rings. The van der Waals surface area contributed by atoms with Crippen molar-refractivity contribution in [2.75, 3.05) is 11.9 Å². The van der Waals surface area contributed by atoms with Crippen molar-refractivity contribution in [2.45, 2.75) is 31.1 Å². The molecule has 1 unspecified atom stereocenters. The maximum atomic E-state index is 10.2. The number of nitrogens with zero attached hydrogens (tertiary/aromatic N) is 4. The Morgan fingerprint density at radius 3 is 2.70 bits per heavy atom. The van der Waals surface area contributed by atoms with Gasteiger partial charge in [0.15, 0.2) is 23.2 Å². The lowest BCUT2D eigenvalue weighted by Gasteiger charge is -2.16. The number of imidazole rings is 1. The van der Waals surface area contributed by atoms with E-state index in [9.17, 15) is 15.3 Å². The zero-order valence-corrected chi connectivity index (χ0v) is 16.3. The summed E-state index contributed by atoms with van der Waals surface area (Å²) in [6, 6.07) is 8.02. The van der Waals surface area contributed by atoms with E-state index in [1.54, 1.807) is 0 Å². The maximum Gasteiger partial charge on any atom is 0.167 e. The molecule has 0 amide bonds. The first-order chi connectivity index (χ1) is 13.1. The Balaban J connectivity index is 1.61. The van der Waals surface area contributed by atoms with E-state index in [-0.39, 0.29) is 0 Å². The highest BCUT2D eigenvalue weighted by atomic mass is 127. The zero-order valence-electron chi connectivity index (χ0n) is 14.1. The summed E-state index contributed by atoms with van der Waals surface area (Å²) in [4.78, 5) is 12.9. The molecule has 4 atom stereocenters. The molecule has 0 saturated carbocycles. The standard InChI is InChI=1S/C17H18IN5O4/c18-10-4-2-1-3-9(10)5-19-15-12-16(21-7-20-15)23(8-22-12)17-14(26)13(25)11(6-24)27-17/h1-4,7-8,11,13-14,17,24-26H,5-6H2,(H,19,20,21)/t11-,13-,14-,17?/m1/s1. The molecule has 0 spiro atoms. The fourth-order valence-corrected chi connectivity index (χ4v) is 3.68. The van der Waals surface area contributed by atoms with Gasteiger partial charge in [-0.2, -0.15) is 0 Å². The Hall–Kier alpha value is -1.86. The Morgan fingerprint density at radius 1 is 1.15 bits per heavy atom. The van der Waals surface area contributed by atoms with Crippen LogP contribution in [0.4, 0.5) is 5.82 Å². The normalized spacial score (nSPS) is 25.2. The summed E-state index contributed by atoms with van der Waals surface area (Å²) in [5.74, 6) is 0.560. The number of benzene rings is 1. The van der Waals surface area contributed by atoms with Crippen molar-refractivity contribution < 1.29 is 20.1 Å². The number of hydrogen-bond acceptors (Lipinski definition) is 8. The summed E-state index contributed by atoms with van der Waals surface area (Å²) in [6.07, 6.45) is -1.24. The third kappa shape index (κ3) is 3.38. The van der Waals surface area contributed by atoms with Crippen molar-refractivity contribution in [2.24, 2.45) is 0 Å². The van der Waals surface area contributed by atoms with Gasteiger partial charge in [0.05, 0.1) is 12.9 Å². The van der Waals surface area contributed by atoms with Crippen LogP contribution >= 0.6 is 22.6 Å². The van der Waals surface area contributed by atoms with Gasteiger partial charge >= 0.3 is 0 Å². The largest absolute Gasteiger partial charge is 0.394 e. The fraction of sp³-hybridized carbons (Fsp3) is 0.353. The van der Waals surface area contributed by atoms with E-state index in [2.05, 4.69) is 42.9 Å². The first-order valence-corrected chi connectivity index (χ1v) is 9.45. The van der Waals surface area contributed by atoms with Gasteiger partial charge in [-0.25, -0.2) is 15.0 Å². The van der Waals surface area contributed by atoms with Gasteiger partial charge in [0.25, 0.3) is 0 Å². The van der Waals surface area contributed by atoms with Crippen LogP contribution < -0.4 is 5.32 Å². The van der Waals surface area contributed by atoms with Gasteiger partial charge in [-0.3, -0.25) is 4.57 Å². The molecule has 4 rings (SSSR count). The number of aliphatic hydroxyl groups is 3. The minimum Gasteiger partial charge on any atom is -0.394 e. The molecule has 1 aromatic carbocycles. The lowest BCUT2D eigenvalue weighted by Crippen LogP contribution is -2.33. The average molecular weight is 483 g/mol. The third-order valence-electron chi connectivity index (χ3n) is 4.55. The van der Waals surface area contributed by atoms with Gasteiger partial charge in [0.1, 0.15) is 24.6 Å². The molecule has 0 aliphatic carbocycles. The molecular formula is C17H18IN5O4. The van der Waals surface area contributed by atoms with Crippen molar-refractivity contribution in [1.82, 2.24) is 19.5 Å². The number of fused-ring (bicyclic) bond motifs is 1. The van der Waals surface area contributed by atoms with Gasteiger partial charge in [-0.1, -0.05) is 18.2 Å². The van der Waals surface area contributed by atoms with Crippen LogP contribution in [0.25, 0.3) is 11.2 Å². The summed E-state index contributed by atoms with van der Waals surface area (Å²) in [5, 5.41) is 32.8. The Bertz CT molecular complexity index is 952. The highest BCUT2D eigenvalue weighted by Crippen LogP contribution is 2.32. The molecule has 2 aromatic heterocycles. The van der Waals surface area contributed by atoms with Gasteiger partial charge < -0.3 is 25.4 Å². The molecular weight excluding hydrogens is 465 g/mol. The molecule has 1 aliphatic heterocycles. The van der Waals surface area contributed by atoms with Crippen molar-refractivity contribution in [3.8, 4) is 0 Å². The Labute approximate surface area is 168 Å². The van der Waals surface area contributed by atoms with Crippen LogP contribution in [0.3, 0.4) is 0 Å². The molecule has 27 heavy (non-hydrogen) atoms. The molecule has 3 heterocycles. The van der Waals surface area contributed by atoms with Gasteiger partial charge in [0, 0.05) is 10.1 Å². The molecule has 10 heteroatoms. The minimum absolute atomic E-state index is 0.390. The number of aromatic nitrogens is 4. The van der Waals surface area contributed by atoms with Gasteiger partial charge in [-0.15, -0.1) is 0 Å². The Kier molecular flexibility index (Phi) is 5.23. The first-order valence-electron chi connectivity index (χ1n) is 8.37. The molecule has 3 aromatic rings. The summed E-state index contributed by atoms with van der Waals surface area (Å²) < 4.78 is 8.25.